The van der Waals surface area contributed by atoms with Crippen molar-refractivity contribution in [1.29, 1.82) is 0 Å². The first kappa shape index (κ1) is 15.7. The van der Waals surface area contributed by atoms with Crippen molar-refractivity contribution in [1.82, 2.24) is 0 Å². The number of ether oxygens (including phenoxy) is 2. The third-order valence-electron chi connectivity index (χ3n) is 3.21. The van der Waals surface area contributed by atoms with Gasteiger partial charge in [-0.1, -0.05) is 0 Å². The van der Waals surface area contributed by atoms with E-state index in [9.17, 15) is 18.4 Å². The average Bonchev–Trinajstić information content (AvgIpc) is 2.54. The Balaban J connectivity index is 1.70. The molecule has 6 nitrogen and oxygen atoms in total. The van der Waals surface area contributed by atoms with Crippen LogP contribution in [0.1, 0.15) is 10.4 Å². The lowest BCUT2D eigenvalue weighted by Gasteiger charge is -2.18. The maximum Gasteiger partial charge on any atom is 0.387 e. The average molecular weight is 334 g/mol. The largest absolute Gasteiger partial charge is 0.482 e. The van der Waals surface area contributed by atoms with E-state index in [1.807, 2.05) is 0 Å². The molecule has 0 saturated heterocycles. The summed E-state index contributed by atoms with van der Waals surface area (Å²) >= 11 is 0. The molecule has 0 aromatic heterocycles. The van der Waals surface area contributed by atoms with E-state index in [0.29, 0.717) is 17.1 Å². The molecule has 0 saturated carbocycles. The van der Waals surface area contributed by atoms with Crippen molar-refractivity contribution < 1.29 is 27.8 Å². The fraction of sp³-hybridized carbons (Fsp3) is 0.125. The summed E-state index contributed by atoms with van der Waals surface area (Å²) in [5.41, 5.74) is 1.19. The molecule has 3 rings (SSSR count). The number of nitrogens with one attached hydrogen (secondary N) is 2. The Hall–Kier alpha value is -3.16. The number of carbonyl (C=O) groups is 2. The van der Waals surface area contributed by atoms with Gasteiger partial charge >= 0.3 is 6.61 Å². The zero-order valence-electron chi connectivity index (χ0n) is 12.2. The van der Waals surface area contributed by atoms with E-state index in [0.717, 1.165) is 0 Å². The van der Waals surface area contributed by atoms with E-state index < -0.39 is 12.5 Å². The molecule has 0 bridgehead atoms. The van der Waals surface area contributed by atoms with Crippen LogP contribution in [0.15, 0.2) is 42.5 Å². The van der Waals surface area contributed by atoms with Crippen molar-refractivity contribution in [3.05, 3.63) is 48.0 Å². The van der Waals surface area contributed by atoms with Crippen LogP contribution in [-0.2, 0) is 4.79 Å². The third-order valence-corrected chi connectivity index (χ3v) is 3.21. The van der Waals surface area contributed by atoms with E-state index in [2.05, 4.69) is 15.4 Å². The second-order valence-electron chi connectivity index (χ2n) is 4.90. The summed E-state index contributed by atoms with van der Waals surface area (Å²) in [6.45, 7) is -2.97. The molecule has 0 aliphatic carbocycles. The molecule has 0 atom stereocenters. The second kappa shape index (κ2) is 6.53. The van der Waals surface area contributed by atoms with Gasteiger partial charge in [-0.2, -0.15) is 8.78 Å². The number of hydrogen-bond acceptors (Lipinski definition) is 4. The van der Waals surface area contributed by atoms with Gasteiger partial charge in [0, 0.05) is 11.3 Å². The lowest BCUT2D eigenvalue weighted by Crippen LogP contribution is -2.25. The Labute approximate surface area is 135 Å². The van der Waals surface area contributed by atoms with Gasteiger partial charge in [-0.05, 0) is 42.5 Å². The number of hydrogen-bond donors (Lipinski definition) is 2. The molecule has 1 aliphatic rings. The predicted octanol–water partition coefficient (Wildman–Crippen LogP) is 2.87. The lowest BCUT2D eigenvalue weighted by atomic mass is 10.2. The van der Waals surface area contributed by atoms with Crippen LogP contribution in [0.4, 0.5) is 20.2 Å². The second-order valence-corrected chi connectivity index (χ2v) is 4.90. The predicted molar refractivity (Wildman–Crippen MR) is 81.6 cm³/mol. The monoisotopic (exact) mass is 334 g/mol. The van der Waals surface area contributed by atoms with Gasteiger partial charge in [0.1, 0.15) is 11.5 Å². The number of amides is 2. The third kappa shape index (κ3) is 3.60. The van der Waals surface area contributed by atoms with Crippen LogP contribution in [0, 0.1) is 0 Å². The lowest BCUT2D eigenvalue weighted by molar-refractivity contribution is -0.118. The fourth-order valence-corrected chi connectivity index (χ4v) is 2.15. The van der Waals surface area contributed by atoms with Crippen molar-refractivity contribution >= 4 is 23.2 Å². The summed E-state index contributed by atoms with van der Waals surface area (Å²) in [4.78, 5) is 23.5. The van der Waals surface area contributed by atoms with Gasteiger partial charge < -0.3 is 20.1 Å². The molecule has 0 fully saturated rings. The fourth-order valence-electron chi connectivity index (χ4n) is 2.15. The Kier molecular flexibility index (Phi) is 4.28. The highest BCUT2D eigenvalue weighted by molar-refractivity contribution is 6.05. The molecule has 1 heterocycles. The van der Waals surface area contributed by atoms with Crippen LogP contribution in [-0.4, -0.2) is 25.0 Å². The number of carbonyl (C=O) groups excluding carboxylic acids is 2. The van der Waals surface area contributed by atoms with E-state index in [1.54, 1.807) is 18.2 Å². The van der Waals surface area contributed by atoms with Crippen molar-refractivity contribution in [2.75, 3.05) is 17.2 Å². The standard InChI is InChI=1S/C16H12F2N2O4/c17-16(18)24-11-4-1-9(2-5-11)15(22)19-10-3-6-13-12(7-10)20-14(21)8-23-13/h1-7,16H,8H2,(H,19,22)(H,20,21). The molecule has 124 valence electrons. The first-order valence-corrected chi connectivity index (χ1v) is 6.94. The summed E-state index contributed by atoms with van der Waals surface area (Å²) in [6, 6.07) is 10.1. The number of benzene rings is 2. The van der Waals surface area contributed by atoms with Crippen LogP contribution in [0.5, 0.6) is 11.5 Å². The van der Waals surface area contributed by atoms with E-state index in [4.69, 9.17) is 4.74 Å². The maximum atomic E-state index is 12.2. The zero-order valence-corrected chi connectivity index (χ0v) is 12.2. The minimum atomic E-state index is -2.92. The number of halogens is 2. The van der Waals surface area contributed by atoms with Gasteiger partial charge in [0.25, 0.3) is 11.8 Å². The minimum Gasteiger partial charge on any atom is -0.482 e. The van der Waals surface area contributed by atoms with Crippen LogP contribution in [0.3, 0.4) is 0 Å². The summed E-state index contributed by atoms with van der Waals surface area (Å²) in [5.74, 6) is -0.224. The first-order chi connectivity index (χ1) is 11.5. The Bertz CT molecular complexity index is 778. The van der Waals surface area contributed by atoms with Crippen molar-refractivity contribution in [3.63, 3.8) is 0 Å². The van der Waals surface area contributed by atoms with Gasteiger partial charge in [-0.25, -0.2) is 0 Å². The Morgan fingerprint density at radius 2 is 1.96 bits per heavy atom. The Morgan fingerprint density at radius 3 is 2.67 bits per heavy atom. The molecule has 0 spiro atoms. The molecule has 1 aliphatic heterocycles. The number of rotatable bonds is 4. The molecule has 2 N–H and O–H groups in total. The van der Waals surface area contributed by atoms with Crippen molar-refractivity contribution in [2.24, 2.45) is 0 Å². The van der Waals surface area contributed by atoms with Gasteiger partial charge in [-0.3, -0.25) is 9.59 Å². The van der Waals surface area contributed by atoms with Gasteiger partial charge in [0.05, 0.1) is 5.69 Å². The molecule has 2 aromatic rings. The van der Waals surface area contributed by atoms with Gasteiger partial charge in [0.2, 0.25) is 0 Å². The van der Waals surface area contributed by atoms with Crippen molar-refractivity contribution in [2.45, 2.75) is 6.61 Å². The first-order valence-electron chi connectivity index (χ1n) is 6.94. The van der Waals surface area contributed by atoms with Gasteiger partial charge in [-0.15, -0.1) is 0 Å². The number of alkyl halides is 2. The minimum absolute atomic E-state index is 0.0322. The maximum absolute atomic E-state index is 12.2. The van der Waals surface area contributed by atoms with Crippen molar-refractivity contribution in [3.8, 4) is 11.5 Å². The molecule has 0 radical (unpaired) electrons. The normalized spacial score (nSPS) is 12.9. The van der Waals surface area contributed by atoms with Crippen LogP contribution in [0.2, 0.25) is 0 Å². The highest BCUT2D eigenvalue weighted by Gasteiger charge is 2.16. The number of anilines is 2. The van der Waals surface area contributed by atoms with Crippen LogP contribution in [0.25, 0.3) is 0 Å². The topological polar surface area (TPSA) is 76.7 Å². The van der Waals surface area contributed by atoms with E-state index in [1.165, 1.54) is 24.3 Å². The molecule has 0 unspecified atom stereocenters. The SMILES string of the molecule is O=C1COc2ccc(NC(=O)c3ccc(OC(F)F)cc3)cc2N1. The molecule has 2 aromatic carbocycles. The summed E-state index contributed by atoms with van der Waals surface area (Å²) < 4.78 is 33.6. The molecule has 24 heavy (non-hydrogen) atoms. The molecule has 8 heteroatoms. The zero-order chi connectivity index (χ0) is 17.1. The molecular weight excluding hydrogens is 322 g/mol. The van der Waals surface area contributed by atoms with Crippen LogP contribution < -0.4 is 20.1 Å². The smallest absolute Gasteiger partial charge is 0.387 e. The summed E-state index contributed by atoms with van der Waals surface area (Å²) in [6.07, 6.45) is 0. The molecular formula is C16H12F2N2O4. The van der Waals surface area contributed by atoms with Crippen LogP contribution >= 0.6 is 0 Å². The summed E-state index contributed by atoms with van der Waals surface area (Å²) in [5, 5.41) is 5.28. The van der Waals surface area contributed by atoms with E-state index >= 15 is 0 Å². The summed E-state index contributed by atoms with van der Waals surface area (Å²) in [7, 11) is 0. The molecule has 2 amide bonds. The highest BCUT2D eigenvalue weighted by atomic mass is 19.3. The Morgan fingerprint density at radius 1 is 1.21 bits per heavy atom. The highest BCUT2D eigenvalue weighted by Crippen LogP contribution is 2.30. The van der Waals surface area contributed by atoms with Gasteiger partial charge in [0.15, 0.2) is 6.61 Å². The van der Waals surface area contributed by atoms with E-state index in [-0.39, 0.29) is 23.8 Å². The quantitative estimate of drug-likeness (QED) is 0.901. The number of fused-ring (bicyclic) bond motifs is 1.